The number of para-hydroxylation sites is 1. The van der Waals surface area contributed by atoms with Gasteiger partial charge in [0.15, 0.2) is 22.4 Å². The highest BCUT2D eigenvalue weighted by Gasteiger charge is 2.08. The summed E-state index contributed by atoms with van der Waals surface area (Å²) in [6.45, 7) is 2.26. The van der Waals surface area contributed by atoms with Crippen molar-refractivity contribution in [2.45, 2.75) is 12.1 Å². The first-order valence-electron chi connectivity index (χ1n) is 7.67. The van der Waals surface area contributed by atoms with Gasteiger partial charge in [0.25, 0.3) is 5.56 Å². The van der Waals surface area contributed by atoms with Gasteiger partial charge in [-0.1, -0.05) is 53.7 Å². The van der Waals surface area contributed by atoms with Crippen LogP contribution in [0.1, 0.15) is 5.56 Å². The lowest BCUT2D eigenvalue weighted by Gasteiger charge is -2.06. The number of nitrogens with one attached hydrogen (secondary N) is 1. The predicted molar refractivity (Wildman–Crippen MR) is 95.4 cm³/mol. The van der Waals surface area contributed by atoms with Crippen molar-refractivity contribution in [3.05, 3.63) is 70.3 Å². The van der Waals surface area contributed by atoms with Crippen molar-refractivity contribution in [2.24, 2.45) is 0 Å². The Hall–Kier alpha value is -2.67. The van der Waals surface area contributed by atoms with Crippen LogP contribution in [0.25, 0.3) is 11.3 Å². The zero-order valence-electron chi connectivity index (χ0n) is 13.5. The van der Waals surface area contributed by atoms with E-state index in [0.29, 0.717) is 10.9 Å². The number of nitrogens with zero attached hydrogens (tertiary/aromatic N) is 2. The lowest BCUT2D eigenvalue weighted by Crippen LogP contribution is -2.14. The number of benzene rings is 2. The lowest BCUT2D eigenvalue weighted by atomic mass is 10.1. The molecule has 0 radical (unpaired) electrons. The molecular weight excluding hydrogens is 341 g/mol. The molecule has 5 nitrogen and oxygen atoms in total. The van der Waals surface area contributed by atoms with E-state index >= 15 is 0 Å². The zero-order chi connectivity index (χ0) is 17.6. The number of ether oxygens (including phenoxy) is 1. The average Bonchev–Trinajstić information content (AvgIpc) is 2.61. The number of hydrogen-bond acceptors (Lipinski definition) is 5. The van der Waals surface area contributed by atoms with Gasteiger partial charge in [0.2, 0.25) is 0 Å². The molecule has 0 aliphatic rings. The minimum atomic E-state index is -0.400. The van der Waals surface area contributed by atoms with Crippen LogP contribution in [0.3, 0.4) is 0 Å². The summed E-state index contributed by atoms with van der Waals surface area (Å²) in [6.07, 6.45) is 0. The van der Waals surface area contributed by atoms with Crippen LogP contribution >= 0.6 is 11.8 Å². The van der Waals surface area contributed by atoms with Crippen LogP contribution in [0.5, 0.6) is 5.75 Å². The fraction of sp³-hybridized carbons (Fsp3) is 0.167. The van der Waals surface area contributed by atoms with Crippen molar-refractivity contribution in [3.63, 3.8) is 0 Å². The molecule has 0 saturated carbocycles. The van der Waals surface area contributed by atoms with Gasteiger partial charge in [0.05, 0.1) is 6.61 Å². The van der Waals surface area contributed by atoms with Crippen molar-refractivity contribution in [1.29, 1.82) is 0 Å². The van der Waals surface area contributed by atoms with Crippen LogP contribution in [-0.2, 0) is 0 Å². The number of halogens is 1. The minimum absolute atomic E-state index is 0.206. The monoisotopic (exact) mass is 357 g/mol. The number of aryl methyl sites for hydroxylation is 1. The second-order valence-corrected chi connectivity index (χ2v) is 6.38. The second-order valence-electron chi connectivity index (χ2n) is 5.30. The Labute approximate surface area is 148 Å². The SMILES string of the molecule is Cc1ccc(-c2nnc(SCCOc3ccccc3F)[nH]c2=O)cc1. The highest BCUT2D eigenvalue weighted by Crippen LogP contribution is 2.17. The Morgan fingerprint density at radius 1 is 1.12 bits per heavy atom. The molecule has 0 saturated heterocycles. The standard InChI is InChI=1S/C18H16FN3O2S/c1-12-6-8-13(9-7-12)16-17(23)20-18(22-21-16)25-11-10-24-15-5-3-2-4-14(15)19/h2-9H,10-11H2,1H3,(H,20,22,23). The number of rotatable bonds is 6. The first kappa shape index (κ1) is 17.2. The van der Waals surface area contributed by atoms with Gasteiger partial charge in [-0.15, -0.1) is 10.2 Å². The van der Waals surface area contributed by atoms with E-state index in [9.17, 15) is 9.18 Å². The van der Waals surface area contributed by atoms with E-state index < -0.39 is 5.82 Å². The maximum absolute atomic E-state index is 13.4. The number of aromatic nitrogens is 3. The molecule has 0 bridgehead atoms. The first-order chi connectivity index (χ1) is 12.1. The molecule has 3 rings (SSSR count). The maximum atomic E-state index is 13.4. The predicted octanol–water partition coefficient (Wildman–Crippen LogP) is 3.45. The fourth-order valence-electron chi connectivity index (χ4n) is 2.14. The van der Waals surface area contributed by atoms with Gasteiger partial charge in [-0.3, -0.25) is 9.78 Å². The minimum Gasteiger partial charge on any atom is -0.490 e. The molecular formula is C18H16FN3O2S. The third kappa shape index (κ3) is 4.45. The van der Waals surface area contributed by atoms with E-state index in [4.69, 9.17) is 4.74 Å². The van der Waals surface area contributed by atoms with E-state index in [1.54, 1.807) is 18.2 Å². The highest BCUT2D eigenvalue weighted by molar-refractivity contribution is 7.99. The van der Waals surface area contributed by atoms with Crippen LogP contribution < -0.4 is 10.3 Å². The molecule has 128 valence electrons. The summed E-state index contributed by atoms with van der Waals surface area (Å²) in [4.78, 5) is 14.9. The van der Waals surface area contributed by atoms with Gasteiger partial charge >= 0.3 is 0 Å². The summed E-state index contributed by atoms with van der Waals surface area (Å²) in [5.74, 6) is 0.309. The van der Waals surface area contributed by atoms with E-state index in [1.165, 1.54) is 17.8 Å². The Balaban J connectivity index is 1.59. The largest absolute Gasteiger partial charge is 0.490 e. The summed E-state index contributed by atoms with van der Waals surface area (Å²) in [5.41, 5.74) is 1.82. The van der Waals surface area contributed by atoms with Crippen LogP contribution in [-0.4, -0.2) is 27.5 Å². The Morgan fingerprint density at radius 2 is 1.88 bits per heavy atom. The molecule has 2 aromatic carbocycles. The van der Waals surface area contributed by atoms with Crippen molar-refractivity contribution < 1.29 is 9.13 Å². The topological polar surface area (TPSA) is 67.9 Å². The van der Waals surface area contributed by atoms with Crippen LogP contribution in [0.15, 0.2) is 58.5 Å². The molecule has 25 heavy (non-hydrogen) atoms. The lowest BCUT2D eigenvalue weighted by molar-refractivity contribution is 0.325. The third-order valence-electron chi connectivity index (χ3n) is 3.42. The number of thioether (sulfide) groups is 1. The molecule has 3 aromatic rings. The van der Waals surface area contributed by atoms with E-state index in [-0.39, 0.29) is 23.6 Å². The molecule has 1 heterocycles. The van der Waals surface area contributed by atoms with Crippen molar-refractivity contribution in [3.8, 4) is 17.0 Å². The van der Waals surface area contributed by atoms with Gasteiger partial charge in [-0.25, -0.2) is 4.39 Å². The molecule has 1 N–H and O–H groups in total. The van der Waals surface area contributed by atoms with Crippen molar-refractivity contribution >= 4 is 11.8 Å². The molecule has 0 spiro atoms. The smallest absolute Gasteiger partial charge is 0.278 e. The molecule has 0 fully saturated rings. The van der Waals surface area contributed by atoms with Crippen LogP contribution in [0.4, 0.5) is 4.39 Å². The van der Waals surface area contributed by atoms with Crippen LogP contribution in [0, 0.1) is 12.7 Å². The summed E-state index contributed by atoms with van der Waals surface area (Å²) in [5, 5.41) is 8.44. The van der Waals surface area contributed by atoms with Gasteiger partial charge in [0, 0.05) is 11.3 Å². The molecule has 0 amide bonds. The Kier molecular flexibility index (Phi) is 5.45. The molecule has 7 heteroatoms. The van der Waals surface area contributed by atoms with E-state index in [0.717, 1.165) is 11.1 Å². The third-order valence-corrected chi connectivity index (χ3v) is 4.25. The van der Waals surface area contributed by atoms with Gasteiger partial charge < -0.3 is 4.74 Å². The van der Waals surface area contributed by atoms with E-state index in [2.05, 4.69) is 15.2 Å². The summed E-state index contributed by atoms with van der Waals surface area (Å²) in [7, 11) is 0. The second kappa shape index (κ2) is 7.94. The van der Waals surface area contributed by atoms with Gasteiger partial charge in [-0.05, 0) is 19.1 Å². The maximum Gasteiger partial charge on any atom is 0.278 e. The van der Waals surface area contributed by atoms with E-state index in [1.807, 2.05) is 31.2 Å². The molecule has 0 atom stereocenters. The first-order valence-corrected chi connectivity index (χ1v) is 8.66. The quantitative estimate of drug-likeness (QED) is 0.541. The average molecular weight is 357 g/mol. The number of aromatic amines is 1. The number of hydrogen-bond donors (Lipinski definition) is 1. The van der Waals surface area contributed by atoms with Gasteiger partial charge in [0.1, 0.15) is 0 Å². The number of H-pyrrole nitrogens is 1. The van der Waals surface area contributed by atoms with Crippen LogP contribution in [0.2, 0.25) is 0 Å². The molecule has 0 aliphatic carbocycles. The van der Waals surface area contributed by atoms with Gasteiger partial charge in [-0.2, -0.15) is 0 Å². The zero-order valence-corrected chi connectivity index (χ0v) is 14.3. The summed E-state index contributed by atoms with van der Waals surface area (Å²) in [6, 6.07) is 13.7. The Morgan fingerprint density at radius 3 is 2.60 bits per heavy atom. The fourth-order valence-corrected chi connectivity index (χ4v) is 2.76. The summed E-state index contributed by atoms with van der Waals surface area (Å²) >= 11 is 1.29. The van der Waals surface area contributed by atoms with Crippen molar-refractivity contribution in [1.82, 2.24) is 15.2 Å². The molecule has 0 aliphatic heterocycles. The normalized spacial score (nSPS) is 10.6. The molecule has 0 unspecified atom stereocenters. The highest BCUT2D eigenvalue weighted by atomic mass is 32.2. The summed E-state index contributed by atoms with van der Waals surface area (Å²) < 4.78 is 18.8. The Bertz CT molecular complexity index is 913. The van der Waals surface area contributed by atoms with Crippen molar-refractivity contribution in [2.75, 3.05) is 12.4 Å². The molecule has 1 aromatic heterocycles.